The zero-order chi connectivity index (χ0) is 9.02. The van der Waals surface area contributed by atoms with E-state index in [-0.39, 0.29) is 18.2 Å². The van der Waals surface area contributed by atoms with Crippen molar-refractivity contribution in [1.29, 1.82) is 0 Å². The molecule has 0 saturated heterocycles. The van der Waals surface area contributed by atoms with Crippen molar-refractivity contribution >= 4 is 5.78 Å². The van der Waals surface area contributed by atoms with Crippen LogP contribution in [0.4, 0.5) is 0 Å². The van der Waals surface area contributed by atoms with Crippen molar-refractivity contribution in [1.82, 2.24) is 0 Å². The molecule has 2 unspecified atom stereocenters. The van der Waals surface area contributed by atoms with Crippen molar-refractivity contribution in [3.8, 4) is 0 Å². The van der Waals surface area contributed by atoms with Gasteiger partial charge in [0.25, 0.3) is 0 Å². The lowest BCUT2D eigenvalue weighted by atomic mass is 10.0. The summed E-state index contributed by atoms with van der Waals surface area (Å²) in [6.07, 6.45) is -2.47. The van der Waals surface area contributed by atoms with Gasteiger partial charge in [0.15, 0.2) is 5.78 Å². The lowest BCUT2D eigenvalue weighted by molar-refractivity contribution is -0.135. The van der Waals surface area contributed by atoms with Gasteiger partial charge in [-0.25, -0.2) is 0 Å². The lowest BCUT2D eigenvalue weighted by Crippen LogP contribution is -2.40. The zero-order valence-corrected chi connectivity index (χ0v) is 6.82. The summed E-state index contributed by atoms with van der Waals surface area (Å²) in [6.45, 7) is 3.23. The number of ketones is 1. The average Bonchev–Trinajstić information content (AvgIpc) is 2.00. The molecule has 0 saturated carbocycles. The second-order valence-corrected chi connectivity index (χ2v) is 2.80. The number of rotatable bonds is 4. The first kappa shape index (κ1) is 10.6. The highest BCUT2D eigenvalue weighted by molar-refractivity contribution is 5.85. The first-order chi connectivity index (χ1) is 5.00. The second-order valence-electron chi connectivity index (χ2n) is 2.80. The number of aliphatic hydroxyl groups is 2. The summed E-state index contributed by atoms with van der Waals surface area (Å²) in [6, 6.07) is 0. The van der Waals surface area contributed by atoms with E-state index in [0.29, 0.717) is 0 Å². The molecule has 0 rings (SSSR count). The summed E-state index contributed by atoms with van der Waals surface area (Å²) in [5.74, 6) is -0.644. The molecule has 0 bridgehead atoms. The van der Waals surface area contributed by atoms with Crippen molar-refractivity contribution in [2.75, 3.05) is 6.54 Å². The van der Waals surface area contributed by atoms with Crippen LogP contribution in [0.1, 0.15) is 13.8 Å². The fraction of sp³-hybridized carbons (Fsp3) is 0.857. The maximum atomic E-state index is 11.0. The molecular weight excluding hydrogens is 146 g/mol. The van der Waals surface area contributed by atoms with Crippen molar-refractivity contribution in [2.45, 2.75) is 26.1 Å². The van der Waals surface area contributed by atoms with E-state index in [1.807, 2.05) is 0 Å². The Morgan fingerprint density at radius 2 is 1.91 bits per heavy atom. The van der Waals surface area contributed by atoms with Crippen LogP contribution in [0.3, 0.4) is 0 Å². The van der Waals surface area contributed by atoms with Crippen molar-refractivity contribution in [2.24, 2.45) is 11.7 Å². The SMILES string of the molecule is CC(C)C(=O)C(O)C(O)CN. The van der Waals surface area contributed by atoms with Gasteiger partial charge in [-0.15, -0.1) is 0 Å². The Bertz CT molecular complexity index is 136. The van der Waals surface area contributed by atoms with E-state index in [1.165, 1.54) is 0 Å². The summed E-state index contributed by atoms with van der Waals surface area (Å²) in [7, 11) is 0. The van der Waals surface area contributed by atoms with Gasteiger partial charge in [-0.2, -0.15) is 0 Å². The van der Waals surface area contributed by atoms with Gasteiger partial charge in [0, 0.05) is 12.5 Å². The van der Waals surface area contributed by atoms with Crippen molar-refractivity contribution in [3.63, 3.8) is 0 Å². The number of aliphatic hydroxyl groups excluding tert-OH is 2. The smallest absolute Gasteiger partial charge is 0.166 e. The van der Waals surface area contributed by atoms with Crippen LogP contribution in [0.25, 0.3) is 0 Å². The molecule has 0 spiro atoms. The average molecular weight is 161 g/mol. The van der Waals surface area contributed by atoms with Gasteiger partial charge >= 0.3 is 0 Å². The third-order valence-corrected chi connectivity index (χ3v) is 1.47. The quantitative estimate of drug-likeness (QED) is 0.488. The predicted octanol–water partition coefficient (Wildman–Crippen LogP) is -1.11. The summed E-state index contributed by atoms with van der Waals surface area (Å²) in [5.41, 5.74) is 5.05. The Morgan fingerprint density at radius 3 is 2.18 bits per heavy atom. The zero-order valence-electron chi connectivity index (χ0n) is 6.82. The molecule has 4 heteroatoms. The molecule has 0 aliphatic rings. The van der Waals surface area contributed by atoms with Crippen LogP contribution in [0.2, 0.25) is 0 Å². The topological polar surface area (TPSA) is 83.5 Å². The first-order valence-corrected chi connectivity index (χ1v) is 3.60. The maximum absolute atomic E-state index is 11.0. The second kappa shape index (κ2) is 4.43. The van der Waals surface area contributed by atoms with Gasteiger partial charge in [0.1, 0.15) is 6.10 Å². The van der Waals surface area contributed by atoms with Crippen LogP contribution in [0, 0.1) is 5.92 Å². The minimum Gasteiger partial charge on any atom is -0.389 e. The maximum Gasteiger partial charge on any atom is 0.166 e. The fourth-order valence-electron chi connectivity index (χ4n) is 0.660. The summed E-state index contributed by atoms with van der Waals surface area (Å²) in [4.78, 5) is 11.0. The molecule has 0 fully saturated rings. The molecule has 66 valence electrons. The Hall–Kier alpha value is -0.450. The van der Waals surface area contributed by atoms with E-state index >= 15 is 0 Å². The van der Waals surface area contributed by atoms with Gasteiger partial charge in [-0.3, -0.25) is 4.79 Å². The standard InChI is InChI=1S/C7H15NO3/c1-4(2)6(10)7(11)5(9)3-8/h4-5,7,9,11H,3,8H2,1-2H3. The number of carbonyl (C=O) groups is 1. The van der Waals surface area contributed by atoms with Crippen LogP contribution in [0.15, 0.2) is 0 Å². The van der Waals surface area contributed by atoms with Gasteiger partial charge in [-0.1, -0.05) is 13.8 Å². The number of nitrogens with two attached hydrogens (primary N) is 1. The number of carbonyl (C=O) groups excluding carboxylic acids is 1. The highest BCUT2D eigenvalue weighted by Crippen LogP contribution is 2.02. The predicted molar refractivity (Wildman–Crippen MR) is 40.9 cm³/mol. The molecule has 2 atom stereocenters. The van der Waals surface area contributed by atoms with Gasteiger partial charge in [-0.05, 0) is 0 Å². The molecular formula is C7H15NO3. The van der Waals surface area contributed by atoms with Gasteiger partial charge < -0.3 is 15.9 Å². The monoisotopic (exact) mass is 161 g/mol. The van der Waals surface area contributed by atoms with E-state index in [1.54, 1.807) is 13.8 Å². The molecule has 0 aromatic carbocycles. The Morgan fingerprint density at radius 1 is 1.45 bits per heavy atom. The highest BCUT2D eigenvalue weighted by atomic mass is 16.3. The van der Waals surface area contributed by atoms with E-state index in [4.69, 9.17) is 15.9 Å². The molecule has 0 aliphatic heterocycles. The molecule has 0 aliphatic carbocycles. The summed E-state index contributed by atoms with van der Waals surface area (Å²) < 4.78 is 0. The van der Waals surface area contributed by atoms with Crippen molar-refractivity contribution in [3.05, 3.63) is 0 Å². The molecule has 0 aromatic heterocycles. The van der Waals surface area contributed by atoms with E-state index in [0.717, 1.165) is 0 Å². The molecule has 0 amide bonds. The van der Waals surface area contributed by atoms with Crippen LogP contribution in [0.5, 0.6) is 0 Å². The lowest BCUT2D eigenvalue weighted by Gasteiger charge is -2.16. The van der Waals surface area contributed by atoms with Crippen LogP contribution in [-0.4, -0.2) is 34.7 Å². The third-order valence-electron chi connectivity index (χ3n) is 1.47. The largest absolute Gasteiger partial charge is 0.389 e. The van der Waals surface area contributed by atoms with E-state index < -0.39 is 12.2 Å². The van der Waals surface area contributed by atoms with Gasteiger partial charge in [0.05, 0.1) is 6.10 Å². The molecule has 11 heavy (non-hydrogen) atoms. The molecule has 4 nitrogen and oxygen atoms in total. The summed E-state index contributed by atoms with van der Waals surface area (Å²) in [5, 5.41) is 18.0. The Kier molecular flexibility index (Phi) is 4.25. The molecule has 0 heterocycles. The number of hydrogen-bond donors (Lipinski definition) is 3. The molecule has 0 radical (unpaired) electrons. The normalized spacial score (nSPS) is 16.5. The minimum atomic E-state index is -1.33. The van der Waals surface area contributed by atoms with Crippen LogP contribution >= 0.6 is 0 Å². The van der Waals surface area contributed by atoms with E-state index in [9.17, 15) is 4.79 Å². The van der Waals surface area contributed by atoms with Crippen molar-refractivity contribution < 1.29 is 15.0 Å². The van der Waals surface area contributed by atoms with Crippen LogP contribution in [-0.2, 0) is 4.79 Å². The Labute approximate surface area is 66.0 Å². The number of Topliss-reactive ketones (excluding diaryl/α,β-unsaturated/α-hetero) is 1. The fourth-order valence-corrected chi connectivity index (χ4v) is 0.660. The molecule has 0 aromatic rings. The minimum absolute atomic E-state index is 0.0976. The number of hydrogen-bond acceptors (Lipinski definition) is 4. The third kappa shape index (κ3) is 2.96. The van der Waals surface area contributed by atoms with E-state index in [2.05, 4.69) is 0 Å². The van der Waals surface area contributed by atoms with Crippen LogP contribution < -0.4 is 5.73 Å². The molecule has 4 N–H and O–H groups in total. The first-order valence-electron chi connectivity index (χ1n) is 3.60. The highest BCUT2D eigenvalue weighted by Gasteiger charge is 2.24. The van der Waals surface area contributed by atoms with Gasteiger partial charge in [0.2, 0.25) is 0 Å². The Balaban J connectivity index is 4.02. The summed E-state index contributed by atoms with van der Waals surface area (Å²) >= 11 is 0.